The zero-order chi connectivity index (χ0) is 19.3. The molecule has 0 saturated heterocycles. The van der Waals surface area contributed by atoms with Crippen LogP contribution in [0.4, 0.5) is 0 Å². The van der Waals surface area contributed by atoms with E-state index < -0.39 is 0 Å². The first kappa shape index (κ1) is 18.1. The molecule has 0 aliphatic carbocycles. The maximum atomic E-state index is 13.0. The van der Waals surface area contributed by atoms with Crippen LogP contribution < -0.4 is 4.74 Å². The second-order valence-corrected chi connectivity index (χ2v) is 6.92. The predicted octanol–water partition coefficient (Wildman–Crippen LogP) is 5.65. The summed E-state index contributed by atoms with van der Waals surface area (Å²) in [5.74, 6) is 0.992. The van der Waals surface area contributed by atoms with Crippen molar-refractivity contribution in [2.45, 2.75) is 19.9 Å². The van der Waals surface area contributed by atoms with Crippen LogP contribution in [0.2, 0.25) is 0 Å². The van der Waals surface area contributed by atoms with E-state index in [1.807, 2.05) is 72.9 Å². The average molecular weight is 369 g/mol. The Hall–Kier alpha value is -3.33. The van der Waals surface area contributed by atoms with Gasteiger partial charge in [0.2, 0.25) is 0 Å². The van der Waals surface area contributed by atoms with Crippen LogP contribution in [0, 0.1) is 6.92 Å². The molecule has 0 spiro atoms. The standard InChI is InChI=1S/C25H23NO2/c1-19-10-5-8-15-24(19)28-17-9-16-26-18-22(21-13-6-7-14-23(21)26)25(27)20-11-3-2-4-12-20/h2-8,10-15,18H,9,16-17H2,1H3. The summed E-state index contributed by atoms with van der Waals surface area (Å²) >= 11 is 0. The molecule has 0 aliphatic heterocycles. The topological polar surface area (TPSA) is 31.2 Å². The van der Waals surface area contributed by atoms with E-state index in [0.717, 1.165) is 40.7 Å². The van der Waals surface area contributed by atoms with Crippen molar-refractivity contribution in [3.63, 3.8) is 0 Å². The summed E-state index contributed by atoms with van der Waals surface area (Å²) in [6.07, 6.45) is 2.85. The van der Waals surface area contributed by atoms with E-state index in [1.54, 1.807) is 0 Å². The van der Waals surface area contributed by atoms with Gasteiger partial charge in [-0.3, -0.25) is 4.79 Å². The average Bonchev–Trinajstić information content (AvgIpc) is 3.11. The van der Waals surface area contributed by atoms with Gasteiger partial charge in [-0.15, -0.1) is 0 Å². The van der Waals surface area contributed by atoms with Crippen LogP contribution >= 0.6 is 0 Å². The minimum atomic E-state index is 0.0618. The molecular formula is C25H23NO2. The molecule has 3 aromatic carbocycles. The summed E-state index contributed by atoms with van der Waals surface area (Å²) in [4.78, 5) is 13.0. The minimum absolute atomic E-state index is 0.0618. The molecule has 3 heteroatoms. The molecule has 0 amide bonds. The molecule has 0 atom stereocenters. The molecule has 0 bridgehead atoms. The van der Waals surface area contributed by atoms with Crippen molar-refractivity contribution in [1.82, 2.24) is 4.57 Å². The van der Waals surface area contributed by atoms with Crippen LogP contribution in [0.5, 0.6) is 5.75 Å². The number of carbonyl (C=O) groups excluding carboxylic acids is 1. The van der Waals surface area contributed by atoms with Gasteiger partial charge in [0.1, 0.15) is 5.75 Å². The molecule has 1 aromatic heterocycles. The summed E-state index contributed by atoms with van der Waals surface area (Å²) in [6.45, 7) is 3.49. The Bertz CT molecular complexity index is 1100. The number of carbonyl (C=O) groups is 1. The zero-order valence-electron chi connectivity index (χ0n) is 16.0. The highest BCUT2D eigenvalue weighted by molar-refractivity contribution is 6.16. The van der Waals surface area contributed by atoms with Gasteiger partial charge >= 0.3 is 0 Å². The van der Waals surface area contributed by atoms with Crippen LogP contribution in [0.3, 0.4) is 0 Å². The molecule has 140 valence electrons. The number of rotatable bonds is 7. The minimum Gasteiger partial charge on any atom is -0.493 e. The van der Waals surface area contributed by atoms with Gasteiger partial charge in [-0.1, -0.05) is 66.7 Å². The Morgan fingerprint density at radius 1 is 0.893 bits per heavy atom. The predicted molar refractivity (Wildman–Crippen MR) is 113 cm³/mol. The van der Waals surface area contributed by atoms with E-state index in [2.05, 4.69) is 23.6 Å². The van der Waals surface area contributed by atoms with Gasteiger partial charge in [0.25, 0.3) is 0 Å². The molecule has 4 aromatic rings. The third-order valence-corrected chi connectivity index (χ3v) is 4.96. The van der Waals surface area contributed by atoms with E-state index in [0.29, 0.717) is 12.2 Å². The Balaban J connectivity index is 1.52. The molecule has 0 fully saturated rings. The van der Waals surface area contributed by atoms with Crippen molar-refractivity contribution in [3.05, 3.63) is 102 Å². The van der Waals surface area contributed by atoms with Gasteiger partial charge in [0, 0.05) is 34.8 Å². The number of ketones is 1. The number of aromatic nitrogens is 1. The normalized spacial score (nSPS) is 10.9. The van der Waals surface area contributed by atoms with Crippen molar-refractivity contribution >= 4 is 16.7 Å². The van der Waals surface area contributed by atoms with Crippen LogP contribution in [-0.2, 0) is 6.54 Å². The van der Waals surface area contributed by atoms with Gasteiger partial charge in [0.15, 0.2) is 5.78 Å². The van der Waals surface area contributed by atoms with Gasteiger partial charge in [-0.2, -0.15) is 0 Å². The van der Waals surface area contributed by atoms with Crippen molar-refractivity contribution in [1.29, 1.82) is 0 Å². The third-order valence-electron chi connectivity index (χ3n) is 4.96. The van der Waals surface area contributed by atoms with Crippen molar-refractivity contribution in [2.75, 3.05) is 6.61 Å². The van der Waals surface area contributed by atoms with E-state index in [1.165, 1.54) is 0 Å². The lowest BCUT2D eigenvalue weighted by molar-refractivity contribution is 0.104. The largest absolute Gasteiger partial charge is 0.493 e. The SMILES string of the molecule is Cc1ccccc1OCCCn1cc(C(=O)c2ccccc2)c2ccccc21. The van der Waals surface area contributed by atoms with Crippen molar-refractivity contribution < 1.29 is 9.53 Å². The number of nitrogens with zero attached hydrogens (tertiary/aromatic N) is 1. The highest BCUT2D eigenvalue weighted by Gasteiger charge is 2.16. The molecule has 0 aliphatic rings. The van der Waals surface area contributed by atoms with Gasteiger partial charge in [0.05, 0.1) is 6.61 Å². The lowest BCUT2D eigenvalue weighted by Crippen LogP contribution is -2.05. The molecule has 0 N–H and O–H groups in total. The van der Waals surface area contributed by atoms with Crippen molar-refractivity contribution in [2.24, 2.45) is 0 Å². The number of hydrogen-bond acceptors (Lipinski definition) is 2. The molecule has 1 heterocycles. The summed E-state index contributed by atoms with van der Waals surface area (Å²) in [5.41, 5.74) is 3.69. The fraction of sp³-hybridized carbons (Fsp3) is 0.160. The van der Waals surface area contributed by atoms with Crippen LogP contribution in [0.1, 0.15) is 27.9 Å². The lowest BCUT2D eigenvalue weighted by Gasteiger charge is -2.09. The first-order valence-electron chi connectivity index (χ1n) is 9.60. The molecule has 4 rings (SSSR count). The Morgan fingerprint density at radius 2 is 1.61 bits per heavy atom. The number of ether oxygens (including phenoxy) is 1. The van der Waals surface area contributed by atoms with Crippen LogP contribution in [0.25, 0.3) is 10.9 Å². The first-order valence-corrected chi connectivity index (χ1v) is 9.60. The maximum absolute atomic E-state index is 13.0. The number of benzene rings is 3. The number of fused-ring (bicyclic) bond motifs is 1. The molecule has 0 saturated carbocycles. The summed E-state index contributed by atoms with van der Waals surface area (Å²) < 4.78 is 8.07. The van der Waals surface area contributed by atoms with E-state index in [-0.39, 0.29) is 5.78 Å². The molecule has 3 nitrogen and oxygen atoms in total. The molecule has 28 heavy (non-hydrogen) atoms. The van der Waals surface area contributed by atoms with Crippen molar-refractivity contribution in [3.8, 4) is 5.75 Å². The fourth-order valence-corrected chi connectivity index (χ4v) is 3.49. The second kappa shape index (κ2) is 8.13. The fourth-order valence-electron chi connectivity index (χ4n) is 3.49. The van der Waals surface area contributed by atoms with Gasteiger partial charge < -0.3 is 9.30 Å². The van der Waals surface area contributed by atoms with Crippen LogP contribution in [0.15, 0.2) is 85.1 Å². The Kier molecular flexibility index (Phi) is 5.24. The van der Waals surface area contributed by atoms with E-state index in [4.69, 9.17) is 4.74 Å². The monoisotopic (exact) mass is 369 g/mol. The van der Waals surface area contributed by atoms with E-state index >= 15 is 0 Å². The zero-order valence-corrected chi connectivity index (χ0v) is 16.0. The molecular weight excluding hydrogens is 346 g/mol. The smallest absolute Gasteiger partial charge is 0.195 e. The summed E-state index contributed by atoms with van der Waals surface area (Å²) in [5, 5.41) is 0.996. The number of para-hydroxylation sites is 2. The number of aryl methyl sites for hydroxylation is 2. The summed E-state index contributed by atoms with van der Waals surface area (Å²) in [7, 11) is 0. The second-order valence-electron chi connectivity index (χ2n) is 6.92. The Labute approximate surface area is 165 Å². The first-order chi connectivity index (χ1) is 13.7. The molecule has 0 unspecified atom stereocenters. The molecule has 0 radical (unpaired) electrons. The van der Waals surface area contributed by atoms with E-state index in [9.17, 15) is 4.79 Å². The van der Waals surface area contributed by atoms with Gasteiger partial charge in [-0.05, 0) is 31.0 Å². The third kappa shape index (κ3) is 3.70. The van der Waals surface area contributed by atoms with Gasteiger partial charge in [-0.25, -0.2) is 0 Å². The highest BCUT2D eigenvalue weighted by atomic mass is 16.5. The quantitative estimate of drug-likeness (QED) is 0.311. The lowest BCUT2D eigenvalue weighted by atomic mass is 10.0. The maximum Gasteiger partial charge on any atom is 0.195 e. The Morgan fingerprint density at radius 3 is 2.43 bits per heavy atom. The van der Waals surface area contributed by atoms with Crippen LogP contribution in [-0.4, -0.2) is 17.0 Å². The highest BCUT2D eigenvalue weighted by Crippen LogP contribution is 2.24. The number of hydrogen-bond donors (Lipinski definition) is 0. The summed E-state index contributed by atoms with van der Waals surface area (Å²) in [6, 6.07) is 25.6.